The molecule has 0 fully saturated rings. The van der Waals surface area contributed by atoms with Crippen molar-refractivity contribution in [2.24, 2.45) is 5.73 Å². The highest BCUT2D eigenvalue weighted by molar-refractivity contribution is 5.68. The summed E-state index contributed by atoms with van der Waals surface area (Å²) in [6.07, 6.45) is 0. The quantitative estimate of drug-likeness (QED) is 0.904. The number of nitrogens with two attached hydrogens (primary N) is 1. The van der Waals surface area contributed by atoms with E-state index in [1.165, 1.54) is 0 Å². The molecule has 2 N–H and O–H groups in total. The molecule has 0 saturated heterocycles. The van der Waals surface area contributed by atoms with Crippen molar-refractivity contribution in [3.63, 3.8) is 0 Å². The van der Waals surface area contributed by atoms with Gasteiger partial charge in [0.15, 0.2) is 5.76 Å². The van der Waals surface area contributed by atoms with Crippen molar-refractivity contribution < 1.29 is 9.26 Å². The molecule has 96 valence electrons. The molecule has 0 bridgehead atoms. The molecule has 0 aliphatic carbocycles. The fraction of sp³-hybridized carbons (Fsp3) is 0.357. The molecule has 0 unspecified atom stereocenters. The highest BCUT2D eigenvalue weighted by Crippen LogP contribution is 2.33. The predicted molar refractivity (Wildman–Crippen MR) is 70.6 cm³/mol. The van der Waals surface area contributed by atoms with Gasteiger partial charge in [-0.05, 0) is 44.0 Å². The molecule has 0 amide bonds. The monoisotopic (exact) mass is 246 g/mol. The van der Waals surface area contributed by atoms with Crippen LogP contribution in [0.5, 0.6) is 5.75 Å². The zero-order valence-corrected chi connectivity index (χ0v) is 11.2. The van der Waals surface area contributed by atoms with E-state index >= 15 is 0 Å². The van der Waals surface area contributed by atoms with Gasteiger partial charge in [-0.2, -0.15) is 0 Å². The van der Waals surface area contributed by atoms with Gasteiger partial charge in [0.2, 0.25) is 0 Å². The largest absolute Gasteiger partial charge is 0.496 e. The standard InChI is InChI=1S/C14H18N2O2/c1-8-9(2)13(17-4)6-5-11(8)14-12(7-15)10(3)16-18-14/h5-6H,7,15H2,1-4H3. The molecule has 4 nitrogen and oxygen atoms in total. The topological polar surface area (TPSA) is 61.3 Å². The van der Waals surface area contributed by atoms with Crippen LogP contribution in [0.4, 0.5) is 0 Å². The minimum absolute atomic E-state index is 0.426. The third kappa shape index (κ3) is 1.88. The smallest absolute Gasteiger partial charge is 0.171 e. The normalized spacial score (nSPS) is 10.7. The summed E-state index contributed by atoms with van der Waals surface area (Å²) in [6, 6.07) is 3.93. The number of ether oxygens (including phenoxy) is 1. The van der Waals surface area contributed by atoms with Crippen molar-refractivity contribution in [1.82, 2.24) is 5.16 Å². The zero-order chi connectivity index (χ0) is 13.3. The molecule has 0 spiro atoms. The molecule has 4 heteroatoms. The van der Waals surface area contributed by atoms with Crippen molar-refractivity contribution in [1.29, 1.82) is 0 Å². The number of methoxy groups -OCH3 is 1. The predicted octanol–water partition coefficient (Wildman–Crippen LogP) is 2.73. The van der Waals surface area contributed by atoms with Gasteiger partial charge in [0.05, 0.1) is 12.8 Å². The third-order valence-corrected chi connectivity index (χ3v) is 3.39. The van der Waals surface area contributed by atoms with Crippen LogP contribution in [-0.2, 0) is 6.54 Å². The van der Waals surface area contributed by atoms with Gasteiger partial charge >= 0.3 is 0 Å². The van der Waals surface area contributed by atoms with E-state index in [1.807, 2.05) is 32.9 Å². The van der Waals surface area contributed by atoms with Gasteiger partial charge in [-0.15, -0.1) is 0 Å². The van der Waals surface area contributed by atoms with Gasteiger partial charge in [-0.1, -0.05) is 5.16 Å². The van der Waals surface area contributed by atoms with Gasteiger partial charge in [0, 0.05) is 17.7 Å². The summed E-state index contributed by atoms with van der Waals surface area (Å²) in [6.45, 7) is 6.41. The second kappa shape index (κ2) is 4.82. The first-order valence-corrected chi connectivity index (χ1v) is 5.90. The van der Waals surface area contributed by atoms with Crippen molar-refractivity contribution >= 4 is 0 Å². The Kier molecular flexibility index (Phi) is 3.39. The van der Waals surface area contributed by atoms with Crippen LogP contribution in [0.2, 0.25) is 0 Å². The number of hydrogen-bond acceptors (Lipinski definition) is 4. The Morgan fingerprint density at radius 1 is 1.22 bits per heavy atom. The number of hydrogen-bond donors (Lipinski definition) is 1. The fourth-order valence-electron chi connectivity index (χ4n) is 2.10. The zero-order valence-electron chi connectivity index (χ0n) is 11.2. The summed E-state index contributed by atoms with van der Waals surface area (Å²) in [5, 5.41) is 3.99. The molecule has 0 radical (unpaired) electrons. The molecule has 1 aromatic carbocycles. The SMILES string of the molecule is COc1ccc(-c2onc(C)c2CN)c(C)c1C. The van der Waals surface area contributed by atoms with E-state index in [1.54, 1.807) is 7.11 Å². The van der Waals surface area contributed by atoms with Crippen LogP contribution in [0.1, 0.15) is 22.4 Å². The number of aryl methyl sites for hydroxylation is 1. The highest BCUT2D eigenvalue weighted by atomic mass is 16.5. The van der Waals surface area contributed by atoms with Crippen LogP contribution in [0.3, 0.4) is 0 Å². The molecular formula is C14H18N2O2. The van der Waals surface area contributed by atoms with E-state index in [-0.39, 0.29) is 0 Å². The maximum Gasteiger partial charge on any atom is 0.171 e. The average molecular weight is 246 g/mol. The summed E-state index contributed by atoms with van der Waals surface area (Å²) < 4.78 is 10.7. The summed E-state index contributed by atoms with van der Waals surface area (Å²) in [4.78, 5) is 0. The summed E-state index contributed by atoms with van der Waals surface area (Å²) in [5.74, 6) is 1.64. The first-order valence-electron chi connectivity index (χ1n) is 5.90. The van der Waals surface area contributed by atoms with Crippen LogP contribution >= 0.6 is 0 Å². The molecule has 1 heterocycles. The molecule has 0 saturated carbocycles. The van der Waals surface area contributed by atoms with E-state index < -0.39 is 0 Å². The minimum Gasteiger partial charge on any atom is -0.496 e. The molecule has 2 rings (SSSR count). The summed E-state index contributed by atoms with van der Waals surface area (Å²) in [7, 11) is 1.67. The lowest BCUT2D eigenvalue weighted by Gasteiger charge is -2.11. The Morgan fingerprint density at radius 2 is 1.94 bits per heavy atom. The number of nitrogens with zero attached hydrogens (tertiary/aromatic N) is 1. The lowest BCUT2D eigenvalue weighted by molar-refractivity contribution is 0.410. The van der Waals surface area contributed by atoms with Crippen LogP contribution < -0.4 is 10.5 Å². The number of aromatic nitrogens is 1. The van der Waals surface area contributed by atoms with Gasteiger partial charge < -0.3 is 15.0 Å². The molecule has 0 atom stereocenters. The maximum absolute atomic E-state index is 5.75. The first kappa shape index (κ1) is 12.6. The Labute approximate surface area is 107 Å². The van der Waals surface area contributed by atoms with Gasteiger partial charge in [-0.25, -0.2) is 0 Å². The molecule has 0 aliphatic rings. The van der Waals surface area contributed by atoms with Crippen molar-refractivity contribution in [2.75, 3.05) is 7.11 Å². The van der Waals surface area contributed by atoms with E-state index in [0.717, 1.165) is 39.5 Å². The van der Waals surface area contributed by atoms with Gasteiger partial charge in [0.1, 0.15) is 5.75 Å². The summed E-state index contributed by atoms with van der Waals surface area (Å²) in [5.41, 5.74) is 10.8. The van der Waals surface area contributed by atoms with Crippen LogP contribution in [0.25, 0.3) is 11.3 Å². The molecule has 0 aliphatic heterocycles. The number of rotatable bonds is 3. The van der Waals surface area contributed by atoms with Crippen LogP contribution in [0, 0.1) is 20.8 Å². The summed E-state index contributed by atoms with van der Waals surface area (Å²) >= 11 is 0. The van der Waals surface area contributed by atoms with E-state index in [4.69, 9.17) is 15.0 Å². The van der Waals surface area contributed by atoms with Crippen molar-refractivity contribution in [3.8, 4) is 17.1 Å². The van der Waals surface area contributed by atoms with Crippen molar-refractivity contribution in [3.05, 3.63) is 34.5 Å². The van der Waals surface area contributed by atoms with Crippen molar-refractivity contribution in [2.45, 2.75) is 27.3 Å². The fourth-order valence-corrected chi connectivity index (χ4v) is 2.10. The second-order valence-electron chi connectivity index (χ2n) is 4.35. The highest BCUT2D eigenvalue weighted by Gasteiger charge is 2.17. The number of benzene rings is 1. The van der Waals surface area contributed by atoms with E-state index in [9.17, 15) is 0 Å². The lowest BCUT2D eigenvalue weighted by atomic mass is 9.98. The molecule has 2 aromatic rings. The minimum atomic E-state index is 0.426. The van der Waals surface area contributed by atoms with Crippen LogP contribution in [-0.4, -0.2) is 12.3 Å². The second-order valence-corrected chi connectivity index (χ2v) is 4.35. The van der Waals surface area contributed by atoms with E-state index in [0.29, 0.717) is 6.54 Å². The molecule has 18 heavy (non-hydrogen) atoms. The average Bonchev–Trinajstić information content (AvgIpc) is 2.73. The Bertz CT molecular complexity index is 573. The van der Waals surface area contributed by atoms with Gasteiger partial charge in [-0.3, -0.25) is 0 Å². The van der Waals surface area contributed by atoms with E-state index in [2.05, 4.69) is 5.16 Å². The lowest BCUT2D eigenvalue weighted by Crippen LogP contribution is -2.00. The Hall–Kier alpha value is -1.81. The Balaban J connectivity index is 2.61. The third-order valence-electron chi connectivity index (χ3n) is 3.39. The van der Waals surface area contributed by atoms with Crippen LogP contribution in [0.15, 0.2) is 16.7 Å². The molecule has 1 aromatic heterocycles. The van der Waals surface area contributed by atoms with Gasteiger partial charge in [0.25, 0.3) is 0 Å². The first-order chi connectivity index (χ1) is 8.60. The maximum atomic E-state index is 5.75. The Morgan fingerprint density at radius 3 is 2.56 bits per heavy atom. The molecular weight excluding hydrogens is 228 g/mol.